The molecule has 1 aromatic heterocycles. The van der Waals surface area contributed by atoms with E-state index >= 15 is 0 Å². The number of rotatable bonds is 6. The average molecular weight is 423 g/mol. The number of hydrogen-bond donors (Lipinski definition) is 1. The molecule has 0 aliphatic carbocycles. The highest BCUT2D eigenvalue weighted by Crippen LogP contribution is 2.20. The van der Waals surface area contributed by atoms with Crippen LogP contribution in [0.5, 0.6) is 0 Å². The smallest absolute Gasteiger partial charge is 0.243 e. The first-order valence-corrected chi connectivity index (χ1v) is 11.4. The number of aromatic nitrogens is 1. The van der Waals surface area contributed by atoms with E-state index in [1.165, 1.54) is 16.4 Å². The van der Waals surface area contributed by atoms with Crippen LogP contribution in [0, 0.1) is 19.7 Å². The third-order valence-corrected chi connectivity index (χ3v) is 7.51. The highest BCUT2D eigenvalue weighted by atomic mass is 32.2. The highest BCUT2D eigenvalue weighted by Gasteiger charge is 2.31. The lowest BCUT2D eigenvalue weighted by Gasteiger charge is -2.31. The van der Waals surface area contributed by atoms with E-state index in [-0.39, 0.29) is 10.7 Å². The Morgan fingerprint density at radius 1 is 1.14 bits per heavy atom. The van der Waals surface area contributed by atoms with Gasteiger partial charge in [0.2, 0.25) is 15.8 Å². The van der Waals surface area contributed by atoms with E-state index in [1.54, 1.807) is 0 Å². The highest BCUT2D eigenvalue weighted by molar-refractivity contribution is 7.89. The van der Waals surface area contributed by atoms with Gasteiger partial charge in [-0.25, -0.2) is 12.8 Å². The predicted molar refractivity (Wildman–Crippen MR) is 109 cm³/mol. The van der Waals surface area contributed by atoms with Gasteiger partial charge >= 0.3 is 0 Å². The molecule has 0 saturated carbocycles. The molecule has 1 aliphatic heterocycles. The van der Waals surface area contributed by atoms with Crippen LogP contribution in [-0.2, 0) is 10.0 Å². The van der Waals surface area contributed by atoms with Crippen LogP contribution in [0.1, 0.15) is 41.6 Å². The molecule has 1 fully saturated rings. The molecule has 2 aromatic rings. The normalized spacial score (nSPS) is 16.5. The largest absolute Gasteiger partial charge is 0.346 e. The minimum absolute atomic E-state index is 0.0924. The van der Waals surface area contributed by atoms with Crippen LogP contribution in [0.4, 0.5) is 4.39 Å². The summed E-state index contributed by atoms with van der Waals surface area (Å²) < 4.78 is 42.1. The van der Waals surface area contributed by atoms with Gasteiger partial charge in [0.25, 0.3) is 0 Å². The fraction of sp³-hybridized carbons (Fsp3) is 0.476. The number of carbonyl (C=O) groups excluding carboxylic acids is 1. The van der Waals surface area contributed by atoms with Gasteiger partial charge in [-0.2, -0.15) is 4.31 Å². The van der Waals surface area contributed by atoms with Gasteiger partial charge in [-0.05, 0) is 58.0 Å². The van der Waals surface area contributed by atoms with Gasteiger partial charge in [0.1, 0.15) is 12.4 Å². The van der Waals surface area contributed by atoms with Crippen molar-refractivity contribution < 1.29 is 22.5 Å². The Balaban J connectivity index is 1.63. The summed E-state index contributed by atoms with van der Waals surface area (Å²) >= 11 is 0. The molecule has 2 heterocycles. The standard InChI is InChI=1S/C21H28FN3O3S/c1-15(2)25-16(3)13-20(17(25)4)21(26)14-23-9-11-24(12-10-23)29(27,28)19-7-5-18(22)6-8-19/h5-8,13,15H,9-12,14H2,1-4H3/p+1. The van der Waals surface area contributed by atoms with Crippen LogP contribution in [0.15, 0.2) is 35.2 Å². The van der Waals surface area contributed by atoms with E-state index in [9.17, 15) is 17.6 Å². The van der Waals surface area contributed by atoms with Crippen LogP contribution in [0.25, 0.3) is 0 Å². The van der Waals surface area contributed by atoms with E-state index in [1.807, 2.05) is 19.9 Å². The molecule has 158 valence electrons. The summed E-state index contributed by atoms with van der Waals surface area (Å²) in [5, 5.41) is 0. The molecule has 6 nitrogen and oxygen atoms in total. The number of sulfonamides is 1. The minimum atomic E-state index is -3.64. The lowest BCUT2D eigenvalue weighted by molar-refractivity contribution is -0.895. The molecular weight excluding hydrogens is 393 g/mol. The summed E-state index contributed by atoms with van der Waals surface area (Å²) in [5.74, 6) is -0.372. The maximum atomic E-state index is 13.1. The second-order valence-corrected chi connectivity index (χ2v) is 9.89. The van der Waals surface area contributed by atoms with E-state index in [0.29, 0.717) is 38.8 Å². The number of quaternary nitrogens is 1. The Bertz CT molecular complexity index is 989. The fourth-order valence-electron chi connectivity index (χ4n) is 4.15. The van der Waals surface area contributed by atoms with Gasteiger partial charge in [0.05, 0.1) is 31.1 Å². The maximum absolute atomic E-state index is 13.1. The third kappa shape index (κ3) is 4.44. The number of hydrogen-bond acceptors (Lipinski definition) is 3. The second kappa shape index (κ2) is 8.38. The Kier molecular flexibility index (Phi) is 6.26. The zero-order chi connectivity index (χ0) is 21.3. The topological polar surface area (TPSA) is 63.8 Å². The van der Waals surface area contributed by atoms with E-state index < -0.39 is 15.8 Å². The van der Waals surface area contributed by atoms with Crippen molar-refractivity contribution in [3.05, 3.63) is 53.1 Å². The van der Waals surface area contributed by atoms with E-state index in [0.717, 1.165) is 34.0 Å². The van der Waals surface area contributed by atoms with Crippen molar-refractivity contribution in [2.24, 2.45) is 0 Å². The lowest BCUT2D eigenvalue weighted by Crippen LogP contribution is -3.15. The van der Waals surface area contributed by atoms with Crippen LogP contribution in [0.2, 0.25) is 0 Å². The SMILES string of the molecule is Cc1cc(C(=O)C[NH+]2CCN(S(=O)(=O)c3ccc(F)cc3)CC2)c(C)n1C(C)C. The summed E-state index contributed by atoms with van der Waals surface area (Å²) in [7, 11) is -3.64. The zero-order valence-electron chi connectivity index (χ0n) is 17.4. The third-order valence-electron chi connectivity index (χ3n) is 5.59. The van der Waals surface area contributed by atoms with Crippen molar-refractivity contribution >= 4 is 15.8 Å². The molecule has 0 radical (unpaired) electrons. The molecule has 29 heavy (non-hydrogen) atoms. The fourth-order valence-corrected chi connectivity index (χ4v) is 5.59. The number of halogens is 1. The first kappa shape index (κ1) is 21.7. The molecule has 1 aliphatic rings. The lowest BCUT2D eigenvalue weighted by atomic mass is 10.1. The van der Waals surface area contributed by atoms with Crippen LogP contribution in [0.3, 0.4) is 0 Å². The quantitative estimate of drug-likeness (QED) is 0.720. The average Bonchev–Trinajstić information content (AvgIpc) is 2.97. The van der Waals surface area contributed by atoms with Crippen LogP contribution < -0.4 is 4.90 Å². The Morgan fingerprint density at radius 3 is 2.24 bits per heavy atom. The molecule has 0 unspecified atom stereocenters. The first-order chi connectivity index (χ1) is 13.6. The van der Waals surface area contributed by atoms with Gasteiger partial charge in [-0.3, -0.25) is 4.79 Å². The number of piperazine rings is 1. The number of Topliss-reactive ketones (excluding diaryl/α,β-unsaturated/α-hetero) is 1. The van der Waals surface area contributed by atoms with Gasteiger partial charge < -0.3 is 9.47 Å². The van der Waals surface area contributed by atoms with Gasteiger partial charge in [0.15, 0.2) is 0 Å². The molecule has 1 aromatic carbocycles. The minimum Gasteiger partial charge on any atom is -0.346 e. The molecular formula is C21H29FN3O3S+. The number of nitrogens with one attached hydrogen (secondary N) is 1. The van der Waals surface area contributed by atoms with Crippen molar-refractivity contribution in [3.63, 3.8) is 0 Å². The van der Waals surface area contributed by atoms with Crippen molar-refractivity contribution in [1.29, 1.82) is 0 Å². The number of nitrogens with zero attached hydrogens (tertiary/aromatic N) is 2. The van der Waals surface area contributed by atoms with Crippen molar-refractivity contribution in [2.45, 2.75) is 38.6 Å². The van der Waals surface area contributed by atoms with Gasteiger partial charge in [0, 0.05) is 23.0 Å². The monoisotopic (exact) mass is 422 g/mol. The predicted octanol–water partition coefficient (Wildman–Crippen LogP) is 1.60. The van der Waals surface area contributed by atoms with E-state index in [4.69, 9.17) is 0 Å². The van der Waals surface area contributed by atoms with Crippen molar-refractivity contribution in [1.82, 2.24) is 8.87 Å². The summed E-state index contributed by atoms with van der Waals surface area (Å²) in [6.07, 6.45) is 0. The Hall–Kier alpha value is -2.03. The van der Waals surface area contributed by atoms with E-state index in [2.05, 4.69) is 18.4 Å². The Morgan fingerprint density at radius 2 is 1.72 bits per heavy atom. The molecule has 0 spiro atoms. The zero-order valence-corrected chi connectivity index (χ0v) is 18.2. The number of ketones is 1. The molecule has 0 atom stereocenters. The number of carbonyl (C=O) groups is 1. The summed E-state index contributed by atoms with van der Waals surface area (Å²) in [4.78, 5) is 14.0. The van der Waals surface area contributed by atoms with Crippen LogP contribution in [-0.4, -0.2) is 55.8 Å². The number of aryl methyl sites for hydroxylation is 1. The second-order valence-electron chi connectivity index (χ2n) is 7.96. The number of benzene rings is 1. The first-order valence-electron chi connectivity index (χ1n) is 9.92. The Labute approximate surface area is 172 Å². The maximum Gasteiger partial charge on any atom is 0.243 e. The van der Waals surface area contributed by atoms with Gasteiger partial charge in [-0.1, -0.05) is 0 Å². The molecule has 1 saturated heterocycles. The summed E-state index contributed by atoms with van der Waals surface area (Å²) in [5.41, 5.74) is 2.82. The molecule has 0 amide bonds. The van der Waals surface area contributed by atoms with Crippen molar-refractivity contribution in [3.8, 4) is 0 Å². The summed E-state index contributed by atoms with van der Waals surface area (Å²) in [6, 6.07) is 7.13. The molecule has 1 N–H and O–H groups in total. The van der Waals surface area contributed by atoms with Crippen LogP contribution >= 0.6 is 0 Å². The molecule has 8 heteroatoms. The molecule has 3 rings (SSSR count). The van der Waals surface area contributed by atoms with Crippen molar-refractivity contribution in [2.75, 3.05) is 32.7 Å². The van der Waals surface area contributed by atoms with Gasteiger partial charge in [-0.15, -0.1) is 0 Å². The summed E-state index contributed by atoms with van der Waals surface area (Å²) in [6.45, 7) is 10.3. The molecule has 0 bridgehead atoms.